The van der Waals surface area contributed by atoms with Crippen molar-refractivity contribution in [1.29, 1.82) is 0 Å². The van der Waals surface area contributed by atoms with Crippen molar-refractivity contribution in [2.24, 2.45) is 0 Å². The van der Waals surface area contributed by atoms with Gasteiger partial charge in [0.2, 0.25) is 0 Å². The lowest BCUT2D eigenvalue weighted by atomic mass is 10.1. The first kappa shape index (κ1) is 9.55. The topological polar surface area (TPSA) is 17.1 Å². The summed E-state index contributed by atoms with van der Waals surface area (Å²) in [6, 6.07) is 9.88. The van der Waals surface area contributed by atoms with E-state index in [4.69, 9.17) is 0 Å². The third-order valence-corrected chi connectivity index (χ3v) is 3.52. The molecule has 78 valence electrons. The Hall–Kier alpha value is -1.67. The number of fused-ring (bicyclic) bond motifs is 1. The van der Waals surface area contributed by atoms with Crippen LogP contribution >= 0.6 is 11.3 Å². The van der Waals surface area contributed by atoms with Gasteiger partial charge in [-0.15, -0.1) is 0 Å². The molecule has 1 aliphatic rings. The van der Waals surface area contributed by atoms with Gasteiger partial charge in [0.15, 0.2) is 5.78 Å². The molecule has 1 aromatic carbocycles. The number of carbonyl (C=O) groups is 1. The Balaban J connectivity index is 2.02. The minimum atomic E-state index is 0.182. The van der Waals surface area contributed by atoms with E-state index in [1.54, 1.807) is 11.3 Å². The van der Waals surface area contributed by atoms with Gasteiger partial charge in [0, 0.05) is 17.6 Å². The highest BCUT2D eigenvalue weighted by molar-refractivity contribution is 7.08. The van der Waals surface area contributed by atoms with Crippen molar-refractivity contribution >= 4 is 23.2 Å². The van der Waals surface area contributed by atoms with Crippen LogP contribution in [0.15, 0.2) is 46.7 Å². The van der Waals surface area contributed by atoms with Gasteiger partial charge >= 0.3 is 0 Å². The molecular weight excluding hydrogens is 216 g/mol. The Bertz CT molecular complexity index is 564. The van der Waals surface area contributed by atoms with Gasteiger partial charge in [-0.3, -0.25) is 4.79 Å². The molecule has 0 unspecified atom stereocenters. The van der Waals surface area contributed by atoms with E-state index >= 15 is 0 Å². The van der Waals surface area contributed by atoms with Crippen molar-refractivity contribution in [3.63, 3.8) is 0 Å². The van der Waals surface area contributed by atoms with Gasteiger partial charge in [-0.05, 0) is 34.0 Å². The quantitative estimate of drug-likeness (QED) is 0.679. The predicted molar refractivity (Wildman–Crippen MR) is 66.8 cm³/mol. The molecule has 0 radical (unpaired) electrons. The first-order valence-electron chi connectivity index (χ1n) is 5.20. The van der Waals surface area contributed by atoms with E-state index < -0.39 is 0 Å². The van der Waals surface area contributed by atoms with Crippen molar-refractivity contribution < 1.29 is 4.79 Å². The molecule has 0 bridgehead atoms. The summed E-state index contributed by atoms with van der Waals surface area (Å²) < 4.78 is 0. The van der Waals surface area contributed by atoms with Crippen LogP contribution in [-0.2, 0) is 6.42 Å². The summed E-state index contributed by atoms with van der Waals surface area (Å²) in [5.41, 5.74) is 4.04. The second-order valence-corrected chi connectivity index (χ2v) is 4.67. The summed E-state index contributed by atoms with van der Waals surface area (Å²) in [6.45, 7) is 0. The second kappa shape index (κ2) is 3.72. The SMILES string of the molecule is O=C1/C(=C\c2ccsc2)Cc2ccccc21. The lowest BCUT2D eigenvalue weighted by Gasteiger charge is -1.92. The molecule has 0 fully saturated rings. The maximum Gasteiger partial charge on any atom is 0.189 e. The van der Waals surface area contributed by atoms with E-state index in [1.807, 2.05) is 41.8 Å². The average molecular weight is 226 g/mol. The molecule has 0 saturated carbocycles. The summed E-state index contributed by atoms with van der Waals surface area (Å²) in [7, 11) is 0. The van der Waals surface area contributed by atoms with Gasteiger partial charge in [0.25, 0.3) is 0 Å². The van der Waals surface area contributed by atoms with Gasteiger partial charge < -0.3 is 0 Å². The standard InChI is InChI=1S/C14H10OS/c15-14-12(7-10-5-6-16-9-10)8-11-3-1-2-4-13(11)14/h1-7,9H,8H2/b12-7-. The van der Waals surface area contributed by atoms with Crippen LogP contribution in [0.25, 0.3) is 6.08 Å². The first-order chi connectivity index (χ1) is 7.84. The lowest BCUT2D eigenvalue weighted by Crippen LogP contribution is -1.94. The zero-order chi connectivity index (χ0) is 11.0. The third kappa shape index (κ3) is 1.51. The Morgan fingerprint density at radius 1 is 1.19 bits per heavy atom. The number of allylic oxidation sites excluding steroid dienone is 1. The summed E-state index contributed by atoms with van der Waals surface area (Å²) >= 11 is 1.65. The fourth-order valence-corrected chi connectivity index (χ4v) is 2.65. The Labute approximate surface area is 98.1 Å². The molecule has 0 saturated heterocycles. The highest BCUT2D eigenvalue weighted by Gasteiger charge is 2.23. The fourth-order valence-electron chi connectivity index (χ4n) is 2.03. The number of ketones is 1. The van der Waals surface area contributed by atoms with Crippen LogP contribution in [0, 0.1) is 0 Å². The number of carbonyl (C=O) groups excluding carboxylic acids is 1. The van der Waals surface area contributed by atoms with Crippen LogP contribution < -0.4 is 0 Å². The fraction of sp³-hybridized carbons (Fsp3) is 0.0714. The van der Waals surface area contributed by atoms with Crippen molar-refractivity contribution in [2.75, 3.05) is 0 Å². The molecule has 0 N–H and O–H groups in total. The zero-order valence-corrected chi connectivity index (χ0v) is 9.46. The Morgan fingerprint density at radius 3 is 2.81 bits per heavy atom. The third-order valence-electron chi connectivity index (χ3n) is 2.82. The molecule has 3 rings (SSSR count). The number of Topliss-reactive ketones (excluding diaryl/α,β-unsaturated/α-hetero) is 1. The van der Waals surface area contributed by atoms with Crippen molar-refractivity contribution in [3.8, 4) is 0 Å². The highest BCUT2D eigenvalue weighted by atomic mass is 32.1. The van der Waals surface area contributed by atoms with Crippen LogP contribution in [0.1, 0.15) is 21.5 Å². The largest absolute Gasteiger partial charge is 0.289 e. The molecule has 0 atom stereocenters. The smallest absolute Gasteiger partial charge is 0.189 e. The molecular formula is C14H10OS. The van der Waals surface area contributed by atoms with Crippen LogP contribution in [0.2, 0.25) is 0 Å². The molecule has 2 aromatic rings. The normalized spacial score (nSPS) is 16.8. The maximum absolute atomic E-state index is 12.1. The number of thiophene rings is 1. The second-order valence-electron chi connectivity index (χ2n) is 3.89. The zero-order valence-electron chi connectivity index (χ0n) is 8.64. The van der Waals surface area contributed by atoms with Crippen LogP contribution in [0.4, 0.5) is 0 Å². The van der Waals surface area contributed by atoms with Crippen molar-refractivity contribution in [2.45, 2.75) is 6.42 Å². The Kier molecular flexibility index (Phi) is 2.22. The average Bonchev–Trinajstić information content (AvgIpc) is 2.90. The lowest BCUT2D eigenvalue weighted by molar-refractivity contribution is 0.104. The van der Waals surface area contributed by atoms with E-state index in [2.05, 4.69) is 5.38 Å². The first-order valence-corrected chi connectivity index (χ1v) is 6.14. The highest BCUT2D eigenvalue weighted by Crippen LogP contribution is 2.27. The summed E-state index contributed by atoms with van der Waals surface area (Å²) in [5, 5.41) is 4.09. The molecule has 2 heteroatoms. The van der Waals surface area contributed by atoms with Crippen LogP contribution in [-0.4, -0.2) is 5.78 Å². The number of rotatable bonds is 1. The minimum Gasteiger partial charge on any atom is -0.289 e. The molecule has 1 aliphatic carbocycles. The van der Waals surface area contributed by atoms with E-state index in [0.29, 0.717) is 0 Å². The Morgan fingerprint density at radius 2 is 2.06 bits per heavy atom. The van der Waals surface area contributed by atoms with Gasteiger partial charge in [-0.1, -0.05) is 24.3 Å². The maximum atomic E-state index is 12.1. The van der Waals surface area contributed by atoms with Gasteiger partial charge in [-0.2, -0.15) is 11.3 Å². The van der Waals surface area contributed by atoms with E-state index in [1.165, 1.54) is 0 Å². The van der Waals surface area contributed by atoms with Gasteiger partial charge in [-0.25, -0.2) is 0 Å². The van der Waals surface area contributed by atoms with Gasteiger partial charge in [0.1, 0.15) is 0 Å². The molecule has 0 spiro atoms. The summed E-state index contributed by atoms with van der Waals surface area (Å²) in [4.78, 5) is 12.1. The van der Waals surface area contributed by atoms with Crippen LogP contribution in [0.5, 0.6) is 0 Å². The van der Waals surface area contributed by atoms with E-state index in [0.717, 1.165) is 28.7 Å². The molecule has 1 nitrogen and oxygen atoms in total. The van der Waals surface area contributed by atoms with Crippen LogP contribution in [0.3, 0.4) is 0 Å². The minimum absolute atomic E-state index is 0.182. The number of hydrogen-bond donors (Lipinski definition) is 0. The number of hydrogen-bond acceptors (Lipinski definition) is 2. The summed E-state index contributed by atoms with van der Waals surface area (Å²) in [6.07, 6.45) is 2.77. The van der Waals surface area contributed by atoms with E-state index in [9.17, 15) is 4.79 Å². The number of benzene rings is 1. The molecule has 1 aromatic heterocycles. The monoisotopic (exact) mass is 226 g/mol. The molecule has 0 amide bonds. The van der Waals surface area contributed by atoms with Crippen molar-refractivity contribution in [1.82, 2.24) is 0 Å². The summed E-state index contributed by atoms with van der Waals surface area (Å²) in [5.74, 6) is 0.182. The van der Waals surface area contributed by atoms with Crippen molar-refractivity contribution in [3.05, 3.63) is 63.4 Å². The van der Waals surface area contributed by atoms with E-state index in [-0.39, 0.29) is 5.78 Å². The molecule has 1 heterocycles. The molecule has 0 aliphatic heterocycles. The predicted octanol–water partition coefficient (Wildman–Crippen LogP) is 3.57. The van der Waals surface area contributed by atoms with Gasteiger partial charge in [0.05, 0.1) is 0 Å². The molecule has 16 heavy (non-hydrogen) atoms.